The minimum absolute atomic E-state index is 0.580. The van der Waals surface area contributed by atoms with Crippen molar-refractivity contribution in [3.05, 3.63) is 36.4 Å². The molecule has 150 valence electrons. The highest BCUT2D eigenvalue weighted by atomic mass is 16.5. The van der Waals surface area contributed by atoms with Crippen LogP contribution in [0.3, 0.4) is 0 Å². The summed E-state index contributed by atoms with van der Waals surface area (Å²) in [5.74, 6) is 1.58. The number of aromatic amines is 2. The number of nitrogens with one attached hydrogen (secondary N) is 2. The quantitative estimate of drug-likeness (QED) is 0.557. The third-order valence-corrected chi connectivity index (χ3v) is 6.10. The van der Waals surface area contributed by atoms with Crippen LogP contribution in [0.1, 0.15) is 12.8 Å². The zero-order chi connectivity index (χ0) is 20.0. The standard InChI is InChI=1S/C22H26N6O/c1-27-10-8-14(9-11-27)28(2)15-4-7-18-20(12-15)24-22(23-18)21-17-6-5-16(29-3)13-19(17)25-26-21/h4-7,12-14H,8-11H2,1-3H3,(H,23,24)(H,25,26). The Morgan fingerprint density at radius 2 is 1.93 bits per heavy atom. The van der Waals surface area contributed by atoms with Crippen LogP contribution in [0.25, 0.3) is 33.5 Å². The number of hydrogen-bond donors (Lipinski definition) is 2. The Labute approximate surface area is 169 Å². The van der Waals surface area contributed by atoms with Gasteiger partial charge in [-0.05, 0) is 63.3 Å². The van der Waals surface area contributed by atoms with Crippen molar-refractivity contribution in [1.29, 1.82) is 0 Å². The van der Waals surface area contributed by atoms with Gasteiger partial charge in [-0.3, -0.25) is 5.10 Å². The number of hydrogen-bond acceptors (Lipinski definition) is 5. The summed E-state index contributed by atoms with van der Waals surface area (Å²) in [4.78, 5) is 13.0. The maximum Gasteiger partial charge on any atom is 0.159 e. The van der Waals surface area contributed by atoms with Crippen LogP contribution in [0, 0.1) is 0 Å². The van der Waals surface area contributed by atoms with Crippen molar-refractivity contribution in [2.75, 3.05) is 39.2 Å². The number of anilines is 1. The van der Waals surface area contributed by atoms with Crippen LogP contribution >= 0.6 is 0 Å². The molecule has 7 heteroatoms. The topological polar surface area (TPSA) is 73.1 Å². The van der Waals surface area contributed by atoms with E-state index in [0.29, 0.717) is 6.04 Å². The monoisotopic (exact) mass is 390 g/mol. The predicted molar refractivity (Wildman–Crippen MR) is 117 cm³/mol. The lowest BCUT2D eigenvalue weighted by Crippen LogP contribution is -2.41. The second-order valence-electron chi connectivity index (χ2n) is 7.92. The van der Waals surface area contributed by atoms with E-state index >= 15 is 0 Å². The Kier molecular flexibility index (Phi) is 4.39. The molecule has 1 aliphatic heterocycles. The maximum absolute atomic E-state index is 5.30. The van der Waals surface area contributed by atoms with Crippen LogP contribution in [0.4, 0.5) is 5.69 Å². The Bertz CT molecular complexity index is 1150. The summed E-state index contributed by atoms with van der Waals surface area (Å²) in [6.07, 6.45) is 2.39. The molecule has 0 unspecified atom stereocenters. The number of nitrogens with zero attached hydrogens (tertiary/aromatic N) is 4. The van der Waals surface area contributed by atoms with E-state index in [1.807, 2.05) is 18.2 Å². The number of aromatic nitrogens is 4. The average Bonchev–Trinajstić information content (AvgIpc) is 3.36. The van der Waals surface area contributed by atoms with Crippen LogP contribution in [0.15, 0.2) is 36.4 Å². The summed E-state index contributed by atoms with van der Waals surface area (Å²) in [6.45, 7) is 2.31. The van der Waals surface area contributed by atoms with Gasteiger partial charge in [0.15, 0.2) is 5.82 Å². The van der Waals surface area contributed by atoms with E-state index in [1.54, 1.807) is 7.11 Å². The summed E-state index contributed by atoms with van der Waals surface area (Å²) in [5, 5.41) is 8.59. The van der Waals surface area contributed by atoms with Gasteiger partial charge in [-0.1, -0.05) is 0 Å². The van der Waals surface area contributed by atoms with E-state index in [-0.39, 0.29) is 0 Å². The molecule has 7 nitrogen and oxygen atoms in total. The smallest absolute Gasteiger partial charge is 0.159 e. The van der Waals surface area contributed by atoms with Crippen LogP contribution < -0.4 is 9.64 Å². The van der Waals surface area contributed by atoms with Gasteiger partial charge in [0.1, 0.15) is 11.4 Å². The van der Waals surface area contributed by atoms with Gasteiger partial charge in [0.05, 0.1) is 23.7 Å². The third-order valence-electron chi connectivity index (χ3n) is 6.10. The van der Waals surface area contributed by atoms with Gasteiger partial charge in [0.25, 0.3) is 0 Å². The summed E-state index contributed by atoms with van der Waals surface area (Å²) in [7, 11) is 6.06. The largest absolute Gasteiger partial charge is 0.497 e. The lowest BCUT2D eigenvalue weighted by molar-refractivity contribution is 0.253. The number of benzene rings is 2. The molecular formula is C22H26N6O. The van der Waals surface area contributed by atoms with Gasteiger partial charge in [0, 0.05) is 30.2 Å². The molecule has 1 fully saturated rings. The number of rotatable bonds is 4. The number of imidazole rings is 1. The minimum Gasteiger partial charge on any atom is -0.497 e. The molecule has 2 aromatic carbocycles. The molecule has 0 atom stereocenters. The van der Waals surface area contributed by atoms with E-state index in [9.17, 15) is 0 Å². The van der Waals surface area contributed by atoms with Gasteiger partial charge in [-0.2, -0.15) is 5.10 Å². The van der Waals surface area contributed by atoms with Crippen molar-refractivity contribution in [2.45, 2.75) is 18.9 Å². The highest BCUT2D eigenvalue weighted by Gasteiger charge is 2.21. The fraction of sp³-hybridized carbons (Fsp3) is 0.364. The van der Waals surface area contributed by atoms with Crippen LogP contribution in [-0.2, 0) is 0 Å². The van der Waals surface area contributed by atoms with Crippen molar-refractivity contribution in [3.63, 3.8) is 0 Å². The van der Waals surface area contributed by atoms with E-state index in [1.165, 1.54) is 18.5 Å². The molecule has 0 aliphatic carbocycles. The fourth-order valence-corrected chi connectivity index (χ4v) is 4.23. The van der Waals surface area contributed by atoms with Crippen LogP contribution in [0.5, 0.6) is 5.75 Å². The summed E-state index contributed by atoms with van der Waals surface area (Å²) < 4.78 is 5.30. The molecule has 4 aromatic rings. The first-order valence-corrected chi connectivity index (χ1v) is 10.1. The fourth-order valence-electron chi connectivity index (χ4n) is 4.23. The molecule has 5 rings (SSSR count). The first kappa shape index (κ1) is 18.0. The molecule has 0 radical (unpaired) electrons. The summed E-state index contributed by atoms with van der Waals surface area (Å²) in [5.41, 5.74) is 4.96. The molecule has 0 spiro atoms. The zero-order valence-corrected chi connectivity index (χ0v) is 17.1. The van der Waals surface area contributed by atoms with Gasteiger partial charge in [-0.15, -0.1) is 0 Å². The molecule has 2 N–H and O–H groups in total. The highest BCUT2D eigenvalue weighted by Crippen LogP contribution is 2.30. The lowest BCUT2D eigenvalue weighted by atomic mass is 10.0. The first-order valence-electron chi connectivity index (χ1n) is 10.1. The highest BCUT2D eigenvalue weighted by molar-refractivity contribution is 5.94. The summed E-state index contributed by atoms with van der Waals surface area (Å²) >= 11 is 0. The van der Waals surface area contributed by atoms with Crippen molar-refractivity contribution in [3.8, 4) is 17.3 Å². The van der Waals surface area contributed by atoms with Crippen LogP contribution in [-0.4, -0.2) is 65.4 Å². The first-order chi connectivity index (χ1) is 14.1. The normalized spacial score (nSPS) is 16.0. The molecule has 1 saturated heterocycles. The molecular weight excluding hydrogens is 364 g/mol. The molecule has 29 heavy (non-hydrogen) atoms. The van der Waals surface area contributed by atoms with Crippen LogP contribution in [0.2, 0.25) is 0 Å². The Morgan fingerprint density at radius 3 is 2.72 bits per heavy atom. The van der Waals surface area contributed by atoms with Gasteiger partial charge >= 0.3 is 0 Å². The van der Waals surface area contributed by atoms with Crippen molar-refractivity contribution >= 4 is 27.6 Å². The van der Waals surface area contributed by atoms with E-state index < -0.39 is 0 Å². The number of methoxy groups -OCH3 is 1. The van der Waals surface area contributed by atoms with E-state index in [0.717, 1.165) is 52.3 Å². The minimum atomic E-state index is 0.580. The Balaban J connectivity index is 1.47. The summed E-state index contributed by atoms with van der Waals surface area (Å²) in [6, 6.07) is 12.9. The molecule has 0 amide bonds. The number of ether oxygens (including phenoxy) is 1. The number of fused-ring (bicyclic) bond motifs is 2. The molecule has 0 saturated carbocycles. The molecule has 2 aromatic heterocycles. The van der Waals surface area contributed by atoms with Gasteiger partial charge in [0.2, 0.25) is 0 Å². The zero-order valence-electron chi connectivity index (χ0n) is 17.1. The van der Waals surface area contributed by atoms with Crippen molar-refractivity contribution in [1.82, 2.24) is 25.1 Å². The Morgan fingerprint density at radius 1 is 1.10 bits per heavy atom. The lowest BCUT2D eigenvalue weighted by Gasteiger charge is -2.36. The van der Waals surface area contributed by atoms with Crippen molar-refractivity contribution < 1.29 is 4.74 Å². The predicted octanol–water partition coefficient (Wildman–Crippen LogP) is 3.65. The van der Waals surface area contributed by atoms with E-state index in [4.69, 9.17) is 9.72 Å². The number of H-pyrrole nitrogens is 2. The van der Waals surface area contributed by atoms with Gasteiger partial charge < -0.3 is 19.5 Å². The molecule has 1 aliphatic rings. The maximum atomic E-state index is 5.30. The second kappa shape index (κ2) is 7.08. The number of piperidine rings is 1. The van der Waals surface area contributed by atoms with Crippen molar-refractivity contribution in [2.24, 2.45) is 0 Å². The third kappa shape index (κ3) is 3.21. The molecule has 0 bridgehead atoms. The molecule has 3 heterocycles. The number of likely N-dealkylation sites (tertiary alicyclic amines) is 1. The van der Waals surface area contributed by atoms with Gasteiger partial charge in [-0.25, -0.2) is 4.98 Å². The average molecular weight is 390 g/mol. The Hall–Kier alpha value is -3.06. The van der Waals surface area contributed by atoms with E-state index in [2.05, 4.69) is 57.3 Å². The second-order valence-corrected chi connectivity index (χ2v) is 7.92. The SMILES string of the molecule is COc1ccc2c(-c3nc4ccc(N(C)C5CCN(C)CC5)cc4[nH]3)n[nH]c2c1.